The van der Waals surface area contributed by atoms with Gasteiger partial charge in [-0.3, -0.25) is 9.69 Å². The third-order valence-electron chi connectivity index (χ3n) is 3.77. The Kier molecular flexibility index (Phi) is 3.15. The lowest BCUT2D eigenvalue weighted by Gasteiger charge is -2.12. The van der Waals surface area contributed by atoms with Gasteiger partial charge in [0.15, 0.2) is 5.65 Å². The number of nitrogens with two attached hydrogens (primary N) is 1. The van der Waals surface area contributed by atoms with E-state index in [2.05, 4.69) is 12.0 Å². The molecule has 2 N–H and O–H groups in total. The molecule has 2 unspecified atom stereocenters. The smallest absolute Gasteiger partial charge is 0.326 e. The van der Waals surface area contributed by atoms with E-state index in [4.69, 9.17) is 5.73 Å². The topological polar surface area (TPSA) is 85.6 Å². The molecule has 1 fully saturated rings. The maximum Gasteiger partial charge on any atom is 0.357 e. The molecule has 20 heavy (non-hydrogen) atoms. The van der Waals surface area contributed by atoms with Gasteiger partial charge < -0.3 is 5.73 Å². The van der Waals surface area contributed by atoms with Gasteiger partial charge in [0.05, 0.1) is 6.54 Å². The van der Waals surface area contributed by atoms with Gasteiger partial charge in [-0.2, -0.15) is 0 Å². The summed E-state index contributed by atoms with van der Waals surface area (Å²) in [4.78, 5) is 26.2. The first kappa shape index (κ1) is 13.0. The van der Waals surface area contributed by atoms with Crippen LogP contribution in [0.1, 0.15) is 11.7 Å². The molecule has 0 bridgehead atoms. The van der Waals surface area contributed by atoms with E-state index < -0.39 is 5.69 Å². The molecule has 2 atom stereocenters. The molecule has 0 aromatic carbocycles. The number of rotatable bonds is 2. The fourth-order valence-electron chi connectivity index (χ4n) is 2.57. The molecule has 1 aliphatic heterocycles. The normalized spacial score (nSPS) is 23.5. The van der Waals surface area contributed by atoms with Gasteiger partial charge >= 0.3 is 5.69 Å². The molecule has 1 saturated heterocycles. The molecule has 7 nitrogen and oxygen atoms in total. The molecule has 106 valence electrons. The highest BCUT2D eigenvalue weighted by molar-refractivity contribution is 5.80. The van der Waals surface area contributed by atoms with Gasteiger partial charge in [0.2, 0.25) is 0 Å². The van der Waals surface area contributed by atoms with Gasteiger partial charge in [-0.05, 0) is 18.1 Å². The molecule has 0 aliphatic carbocycles. The molecular weight excluding hydrogens is 258 g/mol. The highest BCUT2D eigenvalue weighted by Crippen LogP contribution is 2.13. The summed E-state index contributed by atoms with van der Waals surface area (Å²) in [6, 6.07) is 5.28. The van der Waals surface area contributed by atoms with Crippen molar-refractivity contribution >= 4 is 11.6 Å². The van der Waals surface area contributed by atoms with E-state index in [0.29, 0.717) is 18.1 Å². The molecule has 1 aliphatic rings. The first-order chi connectivity index (χ1) is 9.56. The summed E-state index contributed by atoms with van der Waals surface area (Å²) in [6.07, 6.45) is 1.60. The zero-order valence-electron chi connectivity index (χ0n) is 11.3. The number of hydrogen-bond donors (Lipinski definition) is 1. The Labute approximate surface area is 115 Å². The number of pyridine rings is 1. The first-order valence-corrected chi connectivity index (χ1v) is 6.64. The van der Waals surface area contributed by atoms with Gasteiger partial charge in [0, 0.05) is 25.3 Å². The second-order valence-corrected chi connectivity index (χ2v) is 5.35. The lowest BCUT2D eigenvalue weighted by Crippen LogP contribution is -2.37. The SMILES string of the molecule is CC1CN(CC(=O)n2nc3ccccn3c2=O)CC1N. The van der Waals surface area contributed by atoms with E-state index in [1.807, 2.05) is 4.90 Å². The van der Waals surface area contributed by atoms with Gasteiger partial charge in [-0.15, -0.1) is 9.78 Å². The standard InChI is InChI=1S/C13H17N5O2/c1-9-6-16(7-10(9)14)8-12(19)18-13(20)17-5-3-2-4-11(17)15-18/h2-5,9-10H,6-8,14H2,1H3. The van der Waals surface area contributed by atoms with E-state index in [9.17, 15) is 9.59 Å². The molecule has 3 heterocycles. The van der Waals surface area contributed by atoms with Crippen LogP contribution in [0.25, 0.3) is 5.65 Å². The van der Waals surface area contributed by atoms with E-state index in [-0.39, 0.29) is 18.5 Å². The van der Waals surface area contributed by atoms with Gasteiger partial charge in [-0.1, -0.05) is 13.0 Å². The van der Waals surface area contributed by atoms with Crippen LogP contribution in [-0.4, -0.2) is 50.7 Å². The average molecular weight is 275 g/mol. The zero-order chi connectivity index (χ0) is 14.3. The van der Waals surface area contributed by atoms with Crippen LogP contribution >= 0.6 is 0 Å². The largest absolute Gasteiger partial charge is 0.357 e. The molecule has 0 radical (unpaired) electrons. The number of fused-ring (bicyclic) bond motifs is 1. The summed E-state index contributed by atoms with van der Waals surface area (Å²) >= 11 is 0. The van der Waals surface area contributed by atoms with Crippen LogP contribution < -0.4 is 11.4 Å². The zero-order valence-corrected chi connectivity index (χ0v) is 11.3. The number of nitrogens with zero attached hydrogens (tertiary/aromatic N) is 4. The summed E-state index contributed by atoms with van der Waals surface area (Å²) in [6.45, 7) is 3.68. The third kappa shape index (κ3) is 2.14. The van der Waals surface area contributed by atoms with Crippen molar-refractivity contribution in [1.29, 1.82) is 0 Å². The van der Waals surface area contributed by atoms with Crippen molar-refractivity contribution in [2.75, 3.05) is 19.6 Å². The fraction of sp³-hybridized carbons (Fsp3) is 0.462. The molecular formula is C13H17N5O2. The molecule has 0 amide bonds. The molecule has 2 aromatic rings. The lowest BCUT2D eigenvalue weighted by atomic mass is 10.1. The van der Waals surface area contributed by atoms with Crippen molar-refractivity contribution in [3.8, 4) is 0 Å². The van der Waals surface area contributed by atoms with Crippen LogP contribution in [0.2, 0.25) is 0 Å². The van der Waals surface area contributed by atoms with E-state index in [1.165, 1.54) is 4.40 Å². The molecule has 7 heteroatoms. The van der Waals surface area contributed by atoms with Crippen molar-refractivity contribution in [3.05, 3.63) is 34.9 Å². The van der Waals surface area contributed by atoms with Gasteiger partial charge in [0.1, 0.15) is 0 Å². The van der Waals surface area contributed by atoms with Crippen LogP contribution in [0.3, 0.4) is 0 Å². The van der Waals surface area contributed by atoms with Crippen LogP contribution in [0.15, 0.2) is 29.2 Å². The third-order valence-corrected chi connectivity index (χ3v) is 3.77. The predicted octanol–water partition coefficient (Wildman–Crippen LogP) is -0.585. The number of carbonyl (C=O) groups is 1. The average Bonchev–Trinajstić information content (AvgIpc) is 2.91. The second-order valence-electron chi connectivity index (χ2n) is 5.35. The minimum Gasteiger partial charge on any atom is -0.326 e. The monoisotopic (exact) mass is 275 g/mol. The molecule has 0 spiro atoms. The highest BCUT2D eigenvalue weighted by Gasteiger charge is 2.28. The number of likely N-dealkylation sites (tertiary alicyclic amines) is 1. The number of carbonyl (C=O) groups excluding carboxylic acids is 1. The minimum absolute atomic E-state index is 0.0839. The summed E-state index contributed by atoms with van der Waals surface area (Å²) < 4.78 is 2.29. The van der Waals surface area contributed by atoms with Crippen molar-refractivity contribution < 1.29 is 4.79 Å². The van der Waals surface area contributed by atoms with E-state index >= 15 is 0 Å². The molecule has 2 aromatic heterocycles. The highest BCUT2D eigenvalue weighted by atomic mass is 16.2. The van der Waals surface area contributed by atoms with E-state index in [0.717, 1.165) is 11.2 Å². The summed E-state index contributed by atoms with van der Waals surface area (Å²) in [5.74, 6) is 0.0422. The Hall–Kier alpha value is -1.99. The maximum atomic E-state index is 12.2. The second kappa shape index (κ2) is 4.84. The maximum absolute atomic E-state index is 12.2. The van der Waals surface area contributed by atoms with Crippen LogP contribution in [-0.2, 0) is 0 Å². The lowest BCUT2D eigenvalue weighted by molar-refractivity contribution is 0.0840. The molecule has 0 saturated carbocycles. The summed E-state index contributed by atoms with van der Waals surface area (Å²) in [5.41, 5.74) is 5.97. The Bertz CT molecular complexity index is 694. The Morgan fingerprint density at radius 1 is 1.45 bits per heavy atom. The Morgan fingerprint density at radius 2 is 2.25 bits per heavy atom. The quantitative estimate of drug-likeness (QED) is 0.792. The summed E-state index contributed by atoms with van der Waals surface area (Å²) in [7, 11) is 0. The van der Waals surface area contributed by atoms with Crippen molar-refractivity contribution in [1.82, 2.24) is 19.1 Å². The van der Waals surface area contributed by atoms with Crippen LogP contribution in [0, 0.1) is 5.92 Å². The van der Waals surface area contributed by atoms with Crippen molar-refractivity contribution in [3.63, 3.8) is 0 Å². The van der Waals surface area contributed by atoms with E-state index in [1.54, 1.807) is 24.4 Å². The first-order valence-electron chi connectivity index (χ1n) is 6.64. The van der Waals surface area contributed by atoms with Gasteiger partial charge in [0.25, 0.3) is 5.91 Å². The Morgan fingerprint density at radius 3 is 2.90 bits per heavy atom. The van der Waals surface area contributed by atoms with Crippen LogP contribution in [0.4, 0.5) is 0 Å². The minimum atomic E-state index is -0.429. The molecule has 3 rings (SSSR count). The summed E-state index contributed by atoms with van der Waals surface area (Å²) in [5, 5.41) is 4.05. The number of aromatic nitrogens is 3. The van der Waals surface area contributed by atoms with Gasteiger partial charge in [-0.25, -0.2) is 9.20 Å². The van der Waals surface area contributed by atoms with Crippen LogP contribution in [0.5, 0.6) is 0 Å². The van der Waals surface area contributed by atoms with Crippen molar-refractivity contribution in [2.24, 2.45) is 11.7 Å². The Balaban J connectivity index is 1.83. The van der Waals surface area contributed by atoms with Crippen molar-refractivity contribution in [2.45, 2.75) is 13.0 Å². The predicted molar refractivity (Wildman–Crippen MR) is 73.7 cm³/mol. The number of hydrogen-bond acceptors (Lipinski definition) is 5. The fourth-order valence-corrected chi connectivity index (χ4v) is 2.57.